The van der Waals surface area contributed by atoms with Crippen molar-refractivity contribution in [3.05, 3.63) is 48.0 Å². The van der Waals surface area contributed by atoms with Gasteiger partial charge in [-0.1, -0.05) is 13.3 Å². The van der Waals surface area contributed by atoms with Crippen LogP contribution in [0.5, 0.6) is 23.0 Å². The second-order valence-corrected chi connectivity index (χ2v) is 5.68. The highest BCUT2D eigenvalue weighted by Gasteiger charge is 2.04. The summed E-state index contributed by atoms with van der Waals surface area (Å²) in [5.74, 6) is 1.51. The Bertz CT molecular complexity index is 759. The number of rotatable bonds is 10. The van der Waals surface area contributed by atoms with Crippen molar-refractivity contribution in [2.75, 3.05) is 20.3 Å². The van der Waals surface area contributed by atoms with Gasteiger partial charge >= 0.3 is 0 Å². The lowest BCUT2D eigenvalue weighted by Crippen LogP contribution is -2.24. The third kappa shape index (κ3) is 6.89. The van der Waals surface area contributed by atoms with Crippen LogP contribution in [0.25, 0.3) is 0 Å². The van der Waals surface area contributed by atoms with Crippen LogP contribution in [0, 0.1) is 0 Å². The van der Waals surface area contributed by atoms with Crippen molar-refractivity contribution in [1.29, 1.82) is 0 Å². The van der Waals surface area contributed by atoms with Crippen LogP contribution in [0.3, 0.4) is 0 Å². The van der Waals surface area contributed by atoms with Crippen LogP contribution in [0.2, 0.25) is 0 Å². The number of carbonyl (C=O) groups is 1. The first-order chi connectivity index (χ1) is 13.1. The molecule has 27 heavy (non-hydrogen) atoms. The van der Waals surface area contributed by atoms with Crippen molar-refractivity contribution < 1.29 is 24.1 Å². The molecule has 0 aromatic heterocycles. The van der Waals surface area contributed by atoms with Crippen molar-refractivity contribution in [1.82, 2.24) is 5.43 Å². The van der Waals surface area contributed by atoms with Crippen molar-refractivity contribution >= 4 is 12.1 Å². The fourth-order valence-electron chi connectivity index (χ4n) is 2.08. The number of nitrogens with one attached hydrogen (secondary N) is 1. The van der Waals surface area contributed by atoms with E-state index in [1.165, 1.54) is 19.4 Å². The lowest BCUT2D eigenvalue weighted by molar-refractivity contribution is -0.123. The average Bonchev–Trinajstić information content (AvgIpc) is 2.69. The fraction of sp³-hybridized carbons (Fsp3) is 0.300. The minimum atomic E-state index is -0.420. The highest BCUT2D eigenvalue weighted by atomic mass is 16.5. The number of carbonyl (C=O) groups excluding carboxylic acids is 1. The number of methoxy groups -OCH3 is 1. The molecule has 0 bridgehead atoms. The number of phenols is 1. The number of ether oxygens (including phenoxy) is 3. The molecule has 0 unspecified atom stereocenters. The predicted molar refractivity (Wildman–Crippen MR) is 103 cm³/mol. The van der Waals surface area contributed by atoms with Gasteiger partial charge in [0.15, 0.2) is 6.61 Å². The van der Waals surface area contributed by atoms with Crippen LogP contribution in [0.15, 0.2) is 47.6 Å². The number of aromatic hydroxyl groups is 1. The molecule has 2 aromatic rings. The highest BCUT2D eigenvalue weighted by Crippen LogP contribution is 2.21. The van der Waals surface area contributed by atoms with E-state index in [1.54, 1.807) is 36.4 Å². The van der Waals surface area contributed by atoms with Gasteiger partial charge in [0.1, 0.15) is 23.0 Å². The molecule has 0 aliphatic carbocycles. The molecule has 1 amide bonds. The number of amides is 1. The van der Waals surface area contributed by atoms with E-state index in [4.69, 9.17) is 14.2 Å². The van der Waals surface area contributed by atoms with E-state index in [0.29, 0.717) is 23.7 Å². The van der Waals surface area contributed by atoms with Crippen LogP contribution >= 0.6 is 0 Å². The summed E-state index contributed by atoms with van der Waals surface area (Å²) in [5, 5.41) is 13.5. The SMILES string of the molecule is CCCCOc1ccc(OCC(=O)NN=Cc2cc(OC)ccc2O)cc1. The van der Waals surface area contributed by atoms with Gasteiger partial charge < -0.3 is 19.3 Å². The topological polar surface area (TPSA) is 89.4 Å². The fourth-order valence-corrected chi connectivity index (χ4v) is 2.08. The Morgan fingerprint density at radius 3 is 2.44 bits per heavy atom. The number of phenolic OH excluding ortho intramolecular Hbond substituents is 1. The summed E-state index contributed by atoms with van der Waals surface area (Å²) >= 11 is 0. The normalized spacial score (nSPS) is 10.6. The van der Waals surface area contributed by atoms with E-state index in [-0.39, 0.29) is 12.4 Å². The average molecular weight is 372 g/mol. The summed E-state index contributed by atoms with van der Waals surface area (Å²) in [4.78, 5) is 11.8. The quantitative estimate of drug-likeness (QED) is 0.380. The largest absolute Gasteiger partial charge is 0.507 e. The van der Waals surface area contributed by atoms with Crippen LogP contribution in [0.4, 0.5) is 0 Å². The van der Waals surface area contributed by atoms with Crippen molar-refractivity contribution in [2.24, 2.45) is 5.10 Å². The standard InChI is InChI=1S/C20H24N2O5/c1-3-4-11-26-16-5-7-17(8-6-16)27-14-20(24)22-21-13-15-12-18(25-2)9-10-19(15)23/h5-10,12-13,23H,3-4,11,14H2,1-2H3,(H,22,24). The van der Waals surface area contributed by atoms with Gasteiger partial charge in [-0.15, -0.1) is 0 Å². The summed E-state index contributed by atoms with van der Waals surface area (Å²) < 4.78 is 16.0. The summed E-state index contributed by atoms with van der Waals surface area (Å²) in [6, 6.07) is 11.8. The molecule has 7 heteroatoms. The Balaban J connectivity index is 1.77. The maximum absolute atomic E-state index is 11.8. The highest BCUT2D eigenvalue weighted by molar-refractivity contribution is 5.85. The van der Waals surface area contributed by atoms with E-state index in [0.717, 1.165) is 18.6 Å². The van der Waals surface area contributed by atoms with Gasteiger partial charge in [-0.05, 0) is 48.9 Å². The van der Waals surface area contributed by atoms with Crippen LogP contribution < -0.4 is 19.6 Å². The maximum atomic E-state index is 11.8. The second kappa shape index (κ2) is 10.7. The number of unbranched alkanes of at least 4 members (excludes halogenated alkanes) is 1. The zero-order valence-electron chi connectivity index (χ0n) is 15.5. The zero-order chi connectivity index (χ0) is 19.5. The van der Waals surface area contributed by atoms with Crippen LogP contribution in [-0.2, 0) is 4.79 Å². The predicted octanol–water partition coefficient (Wildman–Crippen LogP) is 3.11. The molecule has 0 fully saturated rings. The van der Waals surface area contributed by atoms with Gasteiger partial charge in [-0.2, -0.15) is 5.10 Å². The molecule has 0 aliphatic heterocycles. The summed E-state index contributed by atoms with van der Waals surface area (Å²) in [5.41, 5.74) is 2.77. The molecule has 0 saturated carbocycles. The number of hydrogen-bond donors (Lipinski definition) is 2. The monoisotopic (exact) mass is 372 g/mol. The molecule has 0 radical (unpaired) electrons. The number of hydrogen-bond acceptors (Lipinski definition) is 6. The molecule has 0 spiro atoms. The van der Waals surface area contributed by atoms with E-state index >= 15 is 0 Å². The first kappa shape index (κ1) is 20.1. The zero-order valence-corrected chi connectivity index (χ0v) is 15.5. The summed E-state index contributed by atoms with van der Waals surface area (Å²) in [7, 11) is 1.52. The van der Waals surface area contributed by atoms with Gasteiger partial charge in [0.2, 0.25) is 0 Å². The summed E-state index contributed by atoms with van der Waals surface area (Å²) in [6.07, 6.45) is 3.42. The van der Waals surface area contributed by atoms with Gasteiger partial charge in [0.25, 0.3) is 5.91 Å². The Morgan fingerprint density at radius 1 is 1.11 bits per heavy atom. The first-order valence-electron chi connectivity index (χ1n) is 8.67. The van der Waals surface area contributed by atoms with E-state index < -0.39 is 5.91 Å². The van der Waals surface area contributed by atoms with Gasteiger partial charge in [-0.25, -0.2) is 5.43 Å². The Labute approximate surface area is 158 Å². The molecule has 2 rings (SSSR count). The number of benzene rings is 2. The Hall–Kier alpha value is -3.22. The molecule has 7 nitrogen and oxygen atoms in total. The van der Waals surface area contributed by atoms with E-state index in [1.807, 2.05) is 0 Å². The smallest absolute Gasteiger partial charge is 0.277 e. The third-order valence-corrected chi connectivity index (χ3v) is 3.59. The maximum Gasteiger partial charge on any atom is 0.277 e. The molecule has 0 atom stereocenters. The third-order valence-electron chi connectivity index (χ3n) is 3.59. The minimum Gasteiger partial charge on any atom is -0.507 e. The number of nitrogens with zero attached hydrogens (tertiary/aromatic N) is 1. The lowest BCUT2D eigenvalue weighted by Gasteiger charge is -2.08. The Morgan fingerprint density at radius 2 is 1.78 bits per heavy atom. The van der Waals surface area contributed by atoms with Gasteiger partial charge in [-0.3, -0.25) is 4.79 Å². The molecule has 0 aliphatic rings. The molecule has 0 heterocycles. The summed E-state index contributed by atoms with van der Waals surface area (Å²) in [6.45, 7) is 2.60. The molecular formula is C20H24N2O5. The Kier molecular flexibility index (Phi) is 7.96. The lowest BCUT2D eigenvalue weighted by atomic mass is 10.2. The van der Waals surface area contributed by atoms with Gasteiger partial charge in [0, 0.05) is 5.56 Å². The van der Waals surface area contributed by atoms with Gasteiger partial charge in [0.05, 0.1) is 19.9 Å². The first-order valence-corrected chi connectivity index (χ1v) is 8.67. The second-order valence-electron chi connectivity index (χ2n) is 5.68. The molecular weight excluding hydrogens is 348 g/mol. The molecule has 2 N–H and O–H groups in total. The molecule has 0 saturated heterocycles. The van der Waals surface area contributed by atoms with Crippen molar-refractivity contribution in [3.8, 4) is 23.0 Å². The van der Waals surface area contributed by atoms with Crippen LogP contribution in [0.1, 0.15) is 25.3 Å². The minimum absolute atomic E-state index is 0.0336. The van der Waals surface area contributed by atoms with Crippen molar-refractivity contribution in [2.45, 2.75) is 19.8 Å². The molecule has 144 valence electrons. The number of hydrazone groups is 1. The van der Waals surface area contributed by atoms with E-state index in [9.17, 15) is 9.90 Å². The van der Waals surface area contributed by atoms with Crippen LogP contribution in [-0.4, -0.2) is 37.6 Å². The van der Waals surface area contributed by atoms with Crippen molar-refractivity contribution in [3.63, 3.8) is 0 Å². The van der Waals surface area contributed by atoms with E-state index in [2.05, 4.69) is 17.5 Å². The molecule has 2 aromatic carbocycles.